The van der Waals surface area contributed by atoms with Crippen molar-refractivity contribution in [1.29, 1.82) is 0 Å². The van der Waals surface area contributed by atoms with Crippen molar-refractivity contribution in [3.63, 3.8) is 0 Å². The van der Waals surface area contributed by atoms with E-state index in [1.54, 1.807) is 12.5 Å². The zero-order chi connectivity index (χ0) is 13.8. The Hall–Kier alpha value is -2.07. The number of hydrogen-bond acceptors (Lipinski definition) is 4. The Labute approximate surface area is 117 Å². The topological polar surface area (TPSA) is 51.2 Å². The van der Waals surface area contributed by atoms with E-state index in [0.29, 0.717) is 0 Å². The fourth-order valence-electron chi connectivity index (χ4n) is 2.26. The minimum Gasteiger partial charge on any atom is -0.464 e. The molecular formula is C16H18N2O2. The second-order valence-electron chi connectivity index (χ2n) is 4.72. The number of nitrogens with zero attached hydrogens (tertiary/aromatic N) is 1. The van der Waals surface area contributed by atoms with E-state index in [1.165, 1.54) is 0 Å². The van der Waals surface area contributed by atoms with Crippen LogP contribution in [0.5, 0.6) is 0 Å². The molecule has 104 valence electrons. The number of furan rings is 1. The van der Waals surface area contributed by atoms with Gasteiger partial charge in [0.2, 0.25) is 0 Å². The number of benzene rings is 1. The normalized spacial score (nSPS) is 11.2. The van der Waals surface area contributed by atoms with Crippen LogP contribution in [0.15, 0.2) is 45.6 Å². The van der Waals surface area contributed by atoms with Gasteiger partial charge in [-0.05, 0) is 25.6 Å². The first-order valence-electron chi connectivity index (χ1n) is 7.00. The highest BCUT2D eigenvalue weighted by Crippen LogP contribution is 2.30. The lowest BCUT2D eigenvalue weighted by Crippen LogP contribution is -2.14. The predicted octanol–water partition coefficient (Wildman–Crippen LogP) is 3.63. The summed E-state index contributed by atoms with van der Waals surface area (Å²) in [4.78, 5) is 4.34. The highest BCUT2D eigenvalue weighted by molar-refractivity contribution is 5.92. The number of para-hydroxylation sites is 1. The maximum atomic E-state index is 5.82. The van der Waals surface area contributed by atoms with Gasteiger partial charge in [-0.2, -0.15) is 0 Å². The van der Waals surface area contributed by atoms with Crippen LogP contribution in [-0.2, 0) is 6.42 Å². The van der Waals surface area contributed by atoms with Gasteiger partial charge >= 0.3 is 0 Å². The summed E-state index contributed by atoms with van der Waals surface area (Å²) in [5, 5.41) is 4.35. The average molecular weight is 270 g/mol. The van der Waals surface area contributed by atoms with Gasteiger partial charge in [0, 0.05) is 11.8 Å². The molecule has 0 aliphatic rings. The Morgan fingerprint density at radius 2 is 2.15 bits per heavy atom. The third-order valence-corrected chi connectivity index (χ3v) is 3.29. The Balaban J connectivity index is 1.76. The lowest BCUT2D eigenvalue weighted by Gasteiger charge is -1.98. The lowest BCUT2D eigenvalue weighted by molar-refractivity contribution is 0.492. The van der Waals surface area contributed by atoms with Crippen LogP contribution in [-0.4, -0.2) is 18.1 Å². The number of aryl methyl sites for hydroxylation is 1. The summed E-state index contributed by atoms with van der Waals surface area (Å²) in [6.45, 7) is 4.09. The molecule has 1 aromatic carbocycles. The smallest absolute Gasteiger partial charge is 0.194 e. The Morgan fingerprint density at radius 1 is 1.25 bits per heavy atom. The average Bonchev–Trinajstić information content (AvgIpc) is 3.10. The van der Waals surface area contributed by atoms with Crippen LogP contribution in [0.2, 0.25) is 0 Å². The molecule has 3 aromatic rings. The van der Waals surface area contributed by atoms with Gasteiger partial charge in [-0.25, -0.2) is 4.98 Å². The molecule has 4 heteroatoms. The molecule has 0 saturated carbocycles. The zero-order valence-electron chi connectivity index (χ0n) is 11.6. The van der Waals surface area contributed by atoms with Crippen molar-refractivity contribution < 1.29 is 8.83 Å². The van der Waals surface area contributed by atoms with E-state index in [4.69, 9.17) is 8.83 Å². The third-order valence-electron chi connectivity index (χ3n) is 3.29. The van der Waals surface area contributed by atoms with Gasteiger partial charge in [-0.3, -0.25) is 0 Å². The van der Waals surface area contributed by atoms with Crippen molar-refractivity contribution in [2.75, 3.05) is 13.1 Å². The van der Waals surface area contributed by atoms with Crippen molar-refractivity contribution in [3.05, 3.63) is 42.6 Å². The number of oxazole rings is 1. The summed E-state index contributed by atoms with van der Waals surface area (Å²) in [5.74, 6) is 1.55. The van der Waals surface area contributed by atoms with Crippen molar-refractivity contribution in [1.82, 2.24) is 10.3 Å². The standard InChI is InChI=1S/C16H18N2O2/c1-2-17-9-5-8-16-18-10-15(20-16)13-11-19-14-7-4-3-6-12(13)14/h3-4,6-7,10-11,17H,2,5,8-9H2,1H3. The SMILES string of the molecule is CCNCCCc1ncc(-c2coc3ccccc23)o1. The van der Waals surface area contributed by atoms with E-state index in [2.05, 4.69) is 17.2 Å². The summed E-state index contributed by atoms with van der Waals surface area (Å²) in [5.41, 5.74) is 1.83. The van der Waals surface area contributed by atoms with Gasteiger partial charge < -0.3 is 14.2 Å². The largest absolute Gasteiger partial charge is 0.464 e. The molecule has 20 heavy (non-hydrogen) atoms. The van der Waals surface area contributed by atoms with E-state index in [0.717, 1.165) is 54.1 Å². The molecule has 0 amide bonds. The Kier molecular flexibility index (Phi) is 3.83. The molecule has 0 aliphatic heterocycles. The second-order valence-corrected chi connectivity index (χ2v) is 4.72. The van der Waals surface area contributed by atoms with Crippen LogP contribution in [0, 0.1) is 0 Å². The maximum Gasteiger partial charge on any atom is 0.194 e. The molecule has 2 aromatic heterocycles. The Bertz CT molecular complexity index is 684. The predicted molar refractivity (Wildman–Crippen MR) is 78.6 cm³/mol. The summed E-state index contributed by atoms with van der Waals surface area (Å²) in [6, 6.07) is 7.94. The summed E-state index contributed by atoms with van der Waals surface area (Å²) in [6.07, 6.45) is 5.39. The zero-order valence-corrected chi connectivity index (χ0v) is 11.6. The third kappa shape index (κ3) is 2.60. The van der Waals surface area contributed by atoms with Crippen molar-refractivity contribution in [2.24, 2.45) is 0 Å². The van der Waals surface area contributed by atoms with Crippen LogP contribution in [0.4, 0.5) is 0 Å². The van der Waals surface area contributed by atoms with Crippen LogP contribution in [0.1, 0.15) is 19.2 Å². The highest BCUT2D eigenvalue weighted by Gasteiger charge is 2.12. The van der Waals surface area contributed by atoms with Gasteiger partial charge in [0.15, 0.2) is 11.7 Å². The Morgan fingerprint density at radius 3 is 3.05 bits per heavy atom. The van der Waals surface area contributed by atoms with E-state index in [-0.39, 0.29) is 0 Å². The maximum absolute atomic E-state index is 5.82. The van der Waals surface area contributed by atoms with Gasteiger partial charge in [-0.1, -0.05) is 25.1 Å². The second kappa shape index (κ2) is 5.92. The first kappa shape index (κ1) is 12.9. The summed E-state index contributed by atoms with van der Waals surface area (Å²) in [7, 11) is 0. The number of fused-ring (bicyclic) bond motifs is 1. The van der Waals surface area contributed by atoms with Crippen molar-refractivity contribution in [3.8, 4) is 11.3 Å². The summed E-state index contributed by atoms with van der Waals surface area (Å²) >= 11 is 0. The van der Waals surface area contributed by atoms with Crippen molar-refractivity contribution >= 4 is 11.0 Å². The molecule has 0 fully saturated rings. The van der Waals surface area contributed by atoms with E-state index in [1.807, 2.05) is 24.3 Å². The number of aromatic nitrogens is 1. The van der Waals surface area contributed by atoms with Crippen LogP contribution >= 0.6 is 0 Å². The van der Waals surface area contributed by atoms with Crippen molar-refractivity contribution in [2.45, 2.75) is 19.8 Å². The molecule has 0 atom stereocenters. The van der Waals surface area contributed by atoms with Gasteiger partial charge in [0.1, 0.15) is 11.8 Å². The quantitative estimate of drug-likeness (QED) is 0.695. The summed E-state index contributed by atoms with van der Waals surface area (Å²) < 4.78 is 11.3. The van der Waals surface area contributed by atoms with E-state index >= 15 is 0 Å². The molecule has 4 nitrogen and oxygen atoms in total. The molecule has 0 aliphatic carbocycles. The van der Waals surface area contributed by atoms with Gasteiger partial charge in [0.05, 0.1) is 11.8 Å². The highest BCUT2D eigenvalue weighted by atomic mass is 16.4. The molecule has 0 unspecified atom stereocenters. The van der Waals surface area contributed by atoms with Gasteiger partial charge in [-0.15, -0.1) is 0 Å². The van der Waals surface area contributed by atoms with Crippen LogP contribution in [0.25, 0.3) is 22.3 Å². The number of nitrogens with one attached hydrogen (secondary N) is 1. The molecule has 3 rings (SSSR count). The number of rotatable bonds is 6. The first-order chi connectivity index (χ1) is 9.88. The number of hydrogen-bond donors (Lipinski definition) is 1. The molecule has 0 radical (unpaired) electrons. The minimum atomic E-state index is 0.772. The molecule has 0 saturated heterocycles. The molecule has 0 spiro atoms. The lowest BCUT2D eigenvalue weighted by atomic mass is 10.1. The van der Waals surface area contributed by atoms with Crippen LogP contribution < -0.4 is 5.32 Å². The van der Waals surface area contributed by atoms with E-state index < -0.39 is 0 Å². The molecule has 2 heterocycles. The van der Waals surface area contributed by atoms with Crippen LogP contribution in [0.3, 0.4) is 0 Å². The van der Waals surface area contributed by atoms with Gasteiger partial charge in [0.25, 0.3) is 0 Å². The van der Waals surface area contributed by atoms with E-state index in [9.17, 15) is 0 Å². The molecule has 1 N–H and O–H groups in total. The minimum absolute atomic E-state index is 0.772. The molecule has 0 bridgehead atoms. The first-order valence-corrected chi connectivity index (χ1v) is 7.00. The fourth-order valence-corrected chi connectivity index (χ4v) is 2.26. The fraction of sp³-hybridized carbons (Fsp3) is 0.312. The molecular weight excluding hydrogens is 252 g/mol. The monoisotopic (exact) mass is 270 g/mol.